The molecule has 2 aromatic rings. The molecule has 0 heterocycles. The van der Waals surface area contributed by atoms with Crippen LogP contribution in [0.1, 0.15) is 0 Å². The van der Waals surface area contributed by atoms with Gasteiger partial charge in [-0.25, -0.2) is 8.42 Å². The molecule has 0 spiro atoms. The first-order chi connectivity index (χ1) is 8.84. The largest absolute Gasteiger partial charge is 0.218 e. The van der Waals surface area contributed by atoms with Gasteiger partial charge in [0.1, 0.15) is 0 Å². The number of thiol groups is 4. The van der Waals surface area contributed by atoms with E-state index in [1.807, 2.05) is 0 Å². The molecule has 2 nitrogen and oxygen atoms in total. The second kappa shape index (κ2) is 5.65. The second-order valence-corrected chi connectivity index (χ2v) is 7.59. The highest BCUT2D eigenvalue weighted by molar-refractivity contribution is 7.93. The van der Waals surface area contributed by atoms with Crippen molar-refractivity contribution >= 4 is 60.4 Å². The molecule has 0 aliphatic heterocycles. The molecule has 0 fully saturated rings. The maximum atomic E-state index is 12.6. The van der Waals surface area contributed by atoms with E-state index in [0.29, 0.717) is 19.6 Å². The third kappa shape index (κ3) is 2.95. The summed E-state index contributed by atoms with van der Waals surface area (Å²) in [4.78, 5) is 1.97. The van der Waals surface area contributed by atoms with Crippen LogP contribution in [-0.2, 0) is 9.84 Å². The van der Waals surface area contributed by atoms with Crippen molar-refractivity contribution in [1.82, 2.24) is 0 Å². The normalized spacial score (nSPS) is 11.6. The zero-order valence-electron chi connectivity index (χ0n) is 9.48. The highest BCUT2D eigenvalue weighted by Crippen LogP contribution is 2.33. The lowest BCUT2D eigenvalue weighted by Crippen LogP contribution is -2.04. The lowest BCUT2D eigenvalue weighted by atomic mass is 10.3. The summed E-state index contributed by atoms with van der Waals surface area (Å²) in [6.07, 6.45) is 0. The number of benzene rings is 2. The van der Waals surface area contributed by atoms with Crippen LogP contribution in [0, 0.1) is 0 Å². The summed E-state index contributed by atoms with van der Waals surface area (Å²) < 4.78 is 25.2. The summed E-state index contributed by atoms with van der Waals surface area (Å²) in [5.74, 6) is 0. The van der Waals surface area contributed by atoms with Crippen molar-refractivity contribution in [2.75, 3.05) is 0 Å². The number of rotatable bonds is 2. The highest BCUT2D eigenvalue weighted by Gasteiger charge is 2.23. The molecule has 19 heavy (non-hydrogen) atoms. The first kappa shape index (κ1) is 15.2. The summed E-state index contributed by atoms with van der Waals surface area (Å²) in [7, 11) is -3.70. The van der Waals surface area contributed by atoms with Crippen LogP contribution in [0.3, 0.4) is 0 Å². The minimum atomic E-state index is -3.70. The molecule has 2 aromatic carbocycles. The minimum Gasteiger partial charge on any atom is -0.218 e. The summed E-state index contributed by atoms with van der Waals surface area (Å²) in [6.45, 7) is 0. The van der Waals surface area contributed by atoms with E-state index in [2.05, 4.69) is 50.5 Å². The van der Waals surface area contributed by atoms with E-state index >= 15 is 0 Å². The monoisotopic (exact) mass is 346 g/mol. The average molecular weight is 347 g/mol. The Morgan fingerprint density at radius 3 is 2.16 bits per heavy atom. The van der Waals surface area contributed by atoms with Gasteiger partial charge in [0.05, 0.1) is 9.79 Å². The SMILES string of the molecule is O=S(=O)(c1cc(S)ccc1S)c1cccc(S)c1S. The minimum absolute atomic E-state index is 0.109. The van der Waals surface area contributed by atoms with Crippen LogP contribution in [-0.4, -0.2) is 8.42 Å². The smallest absolute Gasteiger partial charge is 0.208 e. The summed E-state index contributed by atoms with van der Waals surface area (Å²) >= 11 is 16.7. The lowest BCUT2D eigenvalue weighted by molar-refractivity contribution is 0.591. The van der Waals surface area contributed by atoms with Gasteiger partial charge in [0.25, 0.3) is 0 Å². The average Bonchev–Trinajstić information content (AvgIpc) is 2.35. The van der Waals surface area contributed by atoms with Gasteiger partial charge >= 0.3 is 0 Å². The van der Waals surface area contributed by atoms with Crippen molar-refractivity contribution in [2.45, 2.75) is 29.4 Å². The van der Waals surface area contributed by atoms with Gasteiger partial charge in [-0.2, -0.15) is 0 Å². The fraction of sp³-hybridized carbons (Fsp3) is 0. The Balaban J connectivity index is 2.73. The molecule has 0 bridgehead atoms. The number of sulfone groups is 1. The highest BCUT2D eigenvalue weighted by atomic mass is 32.2. The van der Waals surface area contributed by atoms with Crippen LogP contribution < -0.4 is 0 Å². The third-order valence-corrected chi connectivity index (χ3v) is 6.34. The van der Waals surface area contributed by atoms with Crippen molar-refractivity contribution < 1.29 is 8.42 Å². The maximum absolute atomic E-state index is 12.6. The molecule has 0 atom stereocenters. The molecule has 7 heteroatoms. The van der Waals surface area contributed by atoms with Crippen LogP contribution >= 0.6 is 50.5 Å². The van der Waals surface area contributed by atoms with E-state index < -0.39 is 9.84 Å². The van der Waals surface area contributed by atoms with Crippen LogP contribution in [0.4, 0.5) is 0 Å². The molecule has 0 radical (unpaired) electrons. The molecule has 0 saturated carbocycles. The van der Waals surface area contributed by atoms with Gasteiger partial charge in [-0.3, -0.25) is 0 Å². The van der Waals surface area contributed by atoms with Gasteiger partial charge in [0.15, 0.2) is 0 Å². The molecule has 100 valence electrons. The summed E-state index contributed by atoms with van der Waals surface area (Å²) in [5.41, 5.74) is 0. The van der Waals surface area contributed by atoms with Gasteiger partial charge in [0.2, 0.25) is 9.84 Å². The quantitative estimate of drug-likeness (QED) is 0.626. The molecule has 0 N–H and O–H groups in total. The van der Waals surface area contributed by atoms with E-state index in [1.165, 1.54) is 12.1 Å². The third-order valence-electron chi connectivity index (χ3n) is 2.50. The fourth-order valence-electron chi connectivity index (χ4n) is 1.56. The van der Waals surface area contributed by atoms with Crippen LogP contribution in [0.2, 0.25) is 0 Å². The zero-order valence-corrected chi connectivity index (χ0v) is 13.9. The predicted octanol–water partition coefficient (Wildman–Crippen LogP) is 3.67. The van der Waals surface area contributed by atoms with Gasteiger partial charge < -0.3 is 0 Å². The lowest BCUT2D eigenvalue weighted by Gasteiger charge is -2.11. The first-order valence-electron chi connectivity index (χ1n) is 5.12. The van der Waals surface area contributed by atoms with Crippen molar-refractivity contribution in [3.63, 3.8) is 0 Å². The van der Waals surface area contributed by atoms with Crippen molar-refractivity contribution in [1.29, 1.82) is 0 Å². The fourth-order valence-corrected chi connectivity index (χ4v) is 4.63. The molecule has 0 aliphatic carbocycles. The first-order valence-corrected chi connectivity index (χ1v) is 8.39. The van der Waals surface area contributed by atoms with Gasteiger partial charge in [-0.05, 0) is 30.3 Å². The summed E-state index contributed by atoms with van der Waals surface area (Å²) in [6, 6.07) is 9.55. The van der Waals surface area contributed by atoms with E-state index in [0.717, 1.165) is 0 Å². The molecule has 0 saturated heterocycles. The Morgan fingerprint density at radius 1 is 0.789 bits per heavy atom. The summed E-state index contributed by atoms with van der Waals surface area (Å²) in [5, 5.41) is 0. The van der Waals surface area contributed by atoms with E-state index in [9.17, 15) is 8.42 Å². The Labute approximate surface area is 134 Å². The molecular weight excluding hydrogens is 336 g/mol. The number of hydrogen-bond donors (Lipinski definition) is 4. The van der Waals surface area contributed by atoms with Gasteiger partial charge in [-0.1, -0.05) is 6.07 Å². The van der Waals surface area contributed by atoms with Gasteiger partial charge in [-0.15, -0.1) is 50.5 Å². The molecule has 0 amide bonds. The number of hydrogen-bond acceptors (Lipinski definition) is 6. The van der Waals surface area contributed by atoms with E-state index in [4.69, 9.17) is 0 Å². The van der Waals surface area contributed by atoms with E-state index in [-0.39, 0.29) is 9.79 Å². The Hall–Kier alpha value is -0.210. The Morgan fingerprint density at radius 2 is 1.47 bits per heavy atom. The molecular formula is C12H10O2S5. The Bertz CT molecular complexity index is 730. The molecule has 0 aliphatic rings. The second-order valence-electron chi connectivity index (χ2n) is 3.78. The van der Waals surface area contributed by atoms with Crippen LogP contribution in [0.15, 0.2) is 65.8 Å². The van der Waals surface area contributed by atoms with Crippen molar-refractivity contribution in [3.05, 3.63) is 36.4 Å². The van der Waals surface area contributed by atoms with Gasteiger partial charge in [0, 0.05) is 19.6 Å². The standard InChI is InChI=1S/C12H10O2S5/c13-19(14,10-3-1-2-9(17)12(10)18)11-6-7(15)4-5-8(11)16/h1-6,15-18H. The van der Waals surface area contributed by atoms with E-state index in [1.54, 1.807) is 24.3 Å². The maximum Gasteiger partial charge on any atom is 0.208 e. The predicted molar refractivity (Wildman–Crippen MR) is 87.3 cm³/mol. The zero-order chi connectivity index (χ0) is 14.2. The molecule has 0 unspecified atom stereocenters. The van der Waals surface area contributed by atoms with Crippen molar-refractivity contribution in [3.8, 4) is 0 Å². The van der Waals surface area contributed by atoms with Crippen LogP contribution in [0.25, 0.3) is 0 Å². The van der Waals surface area contributed by atoms with Crippen LogP contribution in [0.5, 0.6) is 0 Å². The molecule has 0 aromatic heterocycles. The molecule has 2 rings (SSSR count). The topological polar surface area (TPSA) is 34.1 Å². The Kier molecular flexibility index (Phi) is 4.52. The van der Waals surface area contributed by atoms with Crippen molar-refractivity contribution in [2.24, 2.45) is 0 Å².